The summed E-state index contributed by atoms with van der Waals surface area (Å²) in [4.78, 5) is 0. The number of rotatable bonds is 3. The summed E-state index contributed by atoms with van der Waals surface area (Å²) in [7, 11) is 0. The molecule has 0 spiro atoms. The second kappa shape index (κ2) is 5.38. The quantitative estimate of drug-likeness (QED) is 0.875. The molecule has 0 saturated heterocycles. The molecule has 2 N–H and O–H groups in total. The minimum atomic E-state index is -4.51. The smallest absolute Gasteiger partial charge is 0.389 e. The second-order valence-corrected chi connectivity index (χ2v) is 3.95. The van der Waals surface area contributed by atoms with Gasteiger partial charge in [-0.15, -0.1) is 0 Å². The van der Waals surface area contributed by atoms with Crippen molar-refractivity contribution in [2.75, 3.05) is 0 Å². The van der Waals surface area contributed by atoms with Crippen LogP contribution in [0.2, 0.25) is 0 Å². The van der Waals surface area contributed by atoms with E-state index in [1.165, 1.54) is 19.1 Å². The Balaban J connectivity index is 3.10. The van der Waals surface area contributed by atoms with Gasteiger partial charge in [0.05, 0.1) is 24.2 Å². The number of halogens is 3. The lowest BCUT2D eigenvalue weighted by Gasteiger charge is -2.18. The van der Waals surface area contributed by atoms with Crippen LogP contribution >= 0.6 is 0 Å². The number of hydrogen-bond donors (Lipinski definition) is 2. The Labute approximate surface area is 102 Å². The minimum absolute atomic E-state index is 0.0354. The molecule has 18 heavy (non-hydrogen) atoms. The van der Waals surface area contributed by atoms with Crippen LogP contribution in [0.1, 0.15) is 29.2 Å². The van der Waals surface area contributed by atoms with Crippen LogP contribution in [0.4, 0.5) is 13.2 Å². The van der Waals surface area contributed by atoms with E-state index in [0.29, 0.717) is 0 Å². The molecule has 0 radical (unpaired) electrons. The van der Waals surface area contributed by atoms with Gasteiger partial charge in [0.2, 0.25) is 0 Å². The van der Waals surface area contributed by atoms with Crippen LogP contribution in [0.5, 0.6) is 0 Å². The van der Waals surface area contributed by atoms with E-state index in [9.17, 15) is 23.4 Å². The van der Waals surface area contributed by atoms with Crippen molar-refractivity contribution in [2.24, 2.45) is 0 Å². The number of aliphatic hydroxyl groups excluding tert-OH is 2. The number of nitriles is 1. The number of aliphatic hydroxyl groups is 2. The zero-order chi connectivity index (χ0) is 13.9. The van der Waals surface area contributed by atoms with Crippen molar-refractivity contribution in [1.29, 1.82) is 5.26 Å². The standard InChI is InChI=1S/C12H12F3NO2/c1-7-2-3-8(6-9(7)12(13,14)15)11(18)10(17)4-5-16/h2-3,6,10-11,17-18H,4H2,1H3. The lowest BCUT2D eigenvalue weighted by molar-refractivity contribution is -0.138. The third-order valence-corrected chi connectivity index (χ3v) is 2.57. The topological polar surface area (TPSA) is 64.2 Å². The van der Waals surface area contributed by atoms with Crippen LogP contribution in [0, 0.1) is 18.3 Å². The summed E-state index contributed by atoms with van der Waals surface area (Å²) < 4.78 is 37.9. The Morgan fingerprint density at radius 1 is 1.33 bits per heavy atom. The van der Waals surface area contributed by atoms with E-state index in [2.05, 4.69) is 0 Å². The molecule has 0 aliphatic carbocycles. The van der Waals surface area contributed by atoms with Crippen LogP contribution in [-0.2, 0) is 6.18 Å². The van der Waals surface area contributed by atoms with Crippen molar-refractivity contribution in [3.05, 3.63) is 34.9 Å². The molecule has 6 heteroatoms. The van der Waals surface area contributed by atoms with Crippen molar-refractivity contribution >= 4 is 0 Å². The normalized spacial score (nSPS) is 14.9. The summed E-state index contributed by atoms with van der Waals surface area (Å²) >= 11 is 0. The molecule has 0 bridgehead atoms. The minimum Gasteiger partial charge on any atom is -0.389 e. The number of aryl methyl sites for hydroxylation is 1. The van der Waals surface area contributed by atoms with Gasteiger partial charge in [-0.25, -0.2) is 0 Å². The van der Waals surface area contributed by atoms with Gasteiger partial charge in [-0.05, 0) is 24.1 Å². The molecule has 0 saturated carbocycles. The SMILES string of the molecule is Cc1ccc(C(O)C(O)CC#N)cc1C(F)(F)F. The van der Waals surface area contributed by atoms with Gasteiger partial charge in [0, 0.05) is 0 Å². The summed E-state index contributed by atoms with van der Waals surface area (Å²) in [5, 5.41) is 27.4. The highest BCUT2D eigenvalue weighted by atomic mass is 19.4. The molecule has 0 aromatic heterocycles. The van der Waals surface area contributed by atoms with Crippen LogP contribution in [0.25, 0.3) is 0 Å². The second-order valence-electron chi connectivity index (χ2n) is 3.95. The van der Waals surface area contributed by atoms with Gasteiger partial charge in [-0.3, -0.25) is 0 Å². The van der Waals surface area contributed by atoms with Crippen LogP contribution in [-0.4, -0.2) is 16.3 Å². The molecule has 0 aliphatic rings. The van der Waals surface area contributed by atoms with E-state index >= 15 is 0 Å². The highest BCUT2D eigenvalue weighted by Crippen LogP contribution is 2.34. The number of hydrogen-bond acceptors (Lipinski definition) is 3. The van der Waals surface area contributed by atoms with Gasteiger partial charge in [-0.2, -0.15) is 18.4 Å². The Kier molecular flexibility index (Phi) is 4.33. The van der Waals surface area contributed by atoms with Gasteiger partial charge in [0.25, 0.3) is 0 Å². The first-order valence-electron chi connectivity index (χ1n) is 5.18. The van der Waals surface area contributed by atoms with E-state index < -0.39 is 23.9 Å². The van der Waals surface area contributed by atoms with E-state index in [-0.39, 0.29) is 17.5 Å². The number of benzene rings is 1. The molecule has 0 amide bonds. The summed E-state index contributed by atoms with van der Waals surface area (Å²) in [6, 6.07) is 4.96. The molecule has 1 aromatic rings. The summed E-state index contributed by atoms with van der Waals surface area (Å²) in [5.41, 5.74) is -0.882. The molecular weight excluding hydrogens is 247 g/mol. The Hall–Kier alpha value is -1.58. The zero-order valence-electron chi connectivity index (χ0n) is 9.57. The lowest BCUT2D eigenvalue weighted by Crippen LogP contribution is -2.18. The fourth-order valence-electron chi connectivity index (χ4n) is 1.56. The first-order valence-corrected chi connectivity index (χ1v) is 5.18. The largest absolute Gasteiger partial charge is 0.416 e. The van der Waals surface area contributed by atoms with Gasteiger partial charge in [0.1, 0.15) is 6.10 Å². The molecule has 1 rings (SSSR count). The first-order chi connectivity index (χ1) is 8.27. The zero-order valence-corrected chi connectivity index (χ0v) is 9.57. The van der Waals surface area contributed by atoms with Crippen molar-refractivity contribution in [3.63, 3.8) is 0 Å². The van der Waals surface area contributed by atoms with Crippen molar-refractivity contribution in [3.8, 4) is 6.07 Å². The fourth-order valence-corrected chi connectivity index (χ4v) is 1.56. The fraction of sp³-hybridized carbons (Fsp3) is 0.417. The van der Waals surface area contributed by atoms with Gasteiger partial charge in [-0.1, -0.05) is 12.1 Å². The summed E-state index contributed by atoms with van der Waals surface area (Å²) in [6.07, 6.45) is -7.78. The van der Waals surface area contributed by atoms with E-state index in [1.807, 2.05) is 0 Å². The average Bonchev–Trinajstić information content (AvgIpc) is 2.27. The molecule has 2 atom stereocenters. The van der Waals surface area contributed by atoms with Crippen molar-refractivity contribution < 1.29 is 23.4 Å². The third-order valence-electron chi connectivity index (χ3n) is 2.57. The predicted octanol–water partition coefficient (Wildman–Crippen LogP) is 2.32. The van der Waals surface area contributed by atoms with Crippen molar-refractivity contribution in [1.82, 2.24) is 0 Å². The highest BCUT2D eigenvalue weighted by molar-refractivity contribution is 5.34. The maximum atomic E-state index is 12.6. The van der Waals surface area contributed by atoms with Crippen LogP contribution < -0.4 is 0 Å². The maximum absolute atomic E-state index is 12.6. The molecule has 3 nitrogen and oxygen atoms in total. The van der Waals surface area contributed by atoms with E-state index in [0.717, 1.165) is 6.07 Å². The van der Waals surface area contributed by atoms with Gasteiger partial charge >= 0.3 is 6.18 Å². The van der Waals surface area contributed by atoms with Crippen LogP contribution in [0.15, 0.2) is 18.2 Å². The number of nitrogens with zero attached hydrogens (tertiary/aromatic N) is 1. The maximum Gasteiger partial charge on any atom is 0.416 e. The summed E-state index contributed by atoms with van der Waals surface area (Å²) in [5.74, 6) is 0. The van der Waals surface area contributed by atoms with Crippen LogP contribution in [0.3, 0.4) is 0 Å². The van der Waals surface area contributed by atoms with Gasteiger partial charge in [0.15, 0.2) is 0 Å². The predicted molar refractivity (Wildman–Crippen MR) is 57.4 cm³/mol. The number of alkyl halides is 3. The molecule has 98 valence electrons. The molecular formula is C12H12F3NO2. The monoisotopic (exact) mass is 259 g/mol. The average molecular weight is 259 g/mol. The molecule has 0 heterocycles. The summed E-state index contributed by atoms with van der Waals surface area (Å²) in [6.45, 7) is 1.31. The van der Waals surface area contributed by atoms with Gasteiger partial charge < -0.3 is 10.2 Å². The lowest BCUT2D eigenvalue weighted by atomic mass is 9.97. The molecule has 0 aliphatic heterocycles. The molecule has 1 aromatic carbocycles. The van der Waals surface area contributed by atoms with Crippen molar-refractivity contribution in [2.45, 2.75) is 31.7 Å². The third kappa shape index (κ3) is 3.22. The Morgan fingerprint density at radius 3 is 2.44 bits per heavy atom. The highest BCUT2D eigenvalue weighted by Gasteiger charge is 2.33. The Morgan fingerprint density at radius 2 is 1.94 bits per heavy atom. The van der Waals surface area contributed by atoms with E-state index in [1.54, 1.807) is 6.07 Å². The Bertz CT molecular complexity index is 465. The molecule has 0 fully saturated rings. The first kappa shape index (κ1) is 14.5. The molecule has 2 unspecified atom stereocenters. The van der Waals surface area contributed by atoms with E-state index in [4.69, 9.17) is 5.26 Å².